The number of nitro groups is 2. The van der Waals surface area contributed by atoms with Crippen LogP contribution in [0.1, 0.15) is 0 Å². The van der Waals surface area contributed by atoms with E-state index in [-0.39, 0.29) is 11.4 Å². The van der Waals surface area contributed by atoms with Gasteiger partial charge in [0.25, 0.3) is 11.4 Å². The van der Waals surface area contributed by atoms with Gasteiger partial charge in [0.15, 0.2) is 0 Å². The van der Waals surface area contributed by atoms with Crippen LogP contribution in [0.3, 0.4) is 0 Å². The minimum Gasteiger partial charge on any atom is -0.393 e. The van der Waals surface area contributed by atoms with Crippen molar-refractivity contribution in [2.24, 2.45) is 0 Å². The second-order valence-electron chi connectivity index (χ2n) is 2.48. The molecule has 14 heavy (non-hydrogen) atoms. The Kier molecular flexibility index (Phi) is 2.19. The molecule has 0 radical (unpaired) electrons. The summed E-state index contributed by atoms with van der Waals surface area (Å²) >= 11 is 0. The summed E-state index contributed by atoms with van der Waals surface area (Å²) in [7, 11) is 0. The molecular weight excluding hydrogens is 192 g/mol. The highest BCUT2D eigenvalue weighted by Crippen LogP contribution is 2.31. The molecule has 1 aromatic rings. The van der Waals surface area contributed by atoms with E-state index in [1.54, 1.807) is 0 Å². The van der Waals surface area contributed by atoms with Crippen molar-refractivity contribution < 1.29 is 9.85 Å². The minimum atomic E-state index is -0.755. The summed E-state index contributed by atoms with van der Waals surface area (Å²) in [6, 6.07) is 1.74. The lowest BCUT2D eigenvalue weighted by atomic mass is 10.2. The molecule has 0 heterocycles. The fourth-order valence-electron chi connectivity index (χ4n) is 0.925. The van der Waals surface area contributed by atoms with E-state index in [9.17, 15) is 20.2 Å². The van der Waals surface area contributed by atoms with Crippen molar-refractivity contribution in [2.45, 2.75) is 0 Å². The van der Waals surface area contributed by atoms with Gasteiger partial charge in [0.2, 0.25) is 0 Å². The van der Waals surface area contributed by atoms with E-state index in [2.05, 4.69) is 0 Å². The molecule has 0 saturated heterocycles. The van der Waals surface area contributed by atoms with E-state index in [4.69, 9.17) is 11.5 Å². The van der Waals surface area contributed by atoms with E-state index in [0.29, 0.717) is 0 Å². The van der Waals surface area contributed by atoms with Crippen LogP contribution in [0.2, 0.25) is 0 Å². The first-order valence-electron chi connectivity index (χ1n) is 3.41. The Morgan fingerprint density at radius 3 is 1.43 bits per heavy atom. The van der Waals surface area contributed by atoms with E-state index < -0.39 is 21.2 Å². The Hall–Kier alpha value is -2.38. The molecule has 0 amide bonds. The molecule has 1 rings (SSSR count). The number of anilines is 2. The lowest BCUT2D eigenvalue weighted by Crippen LogP contribution is -2.01. The molecule has 0 unspecified atom stereocenters. The van der Waals surface area contributed by atoms with Gasteiger partial charge in [-0.1, -0.05) is 0 Å². The van der Waals surface area contributed by atoms with Crippen LogP contribution in [-0.4, -0.2) is 9.85 Å². The Labute approximate surface area is 77.4 Å². The summed E-state index contributed by atoms with van der Waals surface area (Å²) in [6.07, 6.45) is 0. The normalized spacial score (nSPS) is 9.71. The van der Waals surface area contributed by atoms with Crippen molar-refractivity contribution >= 4 is 22.7 Å². The SMILES string of the molecule is Nc1cc([N+](=O)[O-])c(N)cc1[N+](=O)[O-]. The van der Waals surface area contributed by atoms with Gasteiger partial charge in [-0.2, -0.15) is 0 Å². The summed E-state index contributed by atoms with van der Waals surface area (Å²) in [4.78, 5) is 19.2. The zero-order valence-electron chi connectivity index (χ0n) is 6.84. The van der Waals surface area contributed by atoms with Crippen LogP contribution in [0.25, 0.3) is 0 Å². The van der Waals surface area contributed by atoms with Crippen LogP contribution in [0, 0.1) is 20.2 Å². The molecule has 0 aliphatic rings. The third-order valence-electron chi connectivity index (χ3n) is 1.57. The average molecular weight is 198 g/mol. The Morgan fingerprint density at radius 1 is 0.929 bits per heavy atom. The summed E-state index contributed by atoms with van der Waals surface area (Å²) in [6.45, 7) is 0. The number of hydrogen-bond donors (Lipinski definition) is 2. The predicted molar refractivity (Wildman–Crippen MR) is 48.6 cm³/mol. The number of nitro benzene ring substituents is 2. The van der Waals surface area contributed by atoms with E-state index >= 15 is 0 Å². The average Bonchev–Trinajstić information content (AvgIpc) is 2.07. The van der Waals surface area contributed by atoms with Gasteiger partial charge in [-0.15, -0.1) is 0 Å². The van der Waals surface area contributed by atoms with Crippen molar-refractivity contribution in [3.8, 4) is 0 Å². The Bertz CT molecular complexity index is 377. The molecule has 0 spiro atoms. The maximum atomic E-state index is 10.4. The molecule has 0 atom stereocenters. The number of benzene rings is 1. The highest BCUT2D eigenvalue weighted by molar-refractivity contribution is 5.73. The van der Waals surface area contributed by atoms with Gasteiger partial charge in [0.05, 0.1) is 9.85 Å². The van der Waals surface area contributed by atoms with Crippen LogP contribution >= 0.6 is 0 Å². The predicted octanol–water partition coefficient (Wildman–Crippen LogP) is 0.667. The number of nitrogens with zero attached hydrogens (tertiary/aromatic N) is 2. The molecule has 0 bridgehead atoms. The molecule has 0 fully saturated rings. The van der Waals surface area contributed by atoms with Crippen molar-refractivity contribution in [1.29, 1.82) is 0 Å². The fraction of sp³-hybridized carbons (Fsp3) is 0. The molecule has 0 aliphatic carbocycles. The molecule has 0 saturated carbocycles. The molecule has 1 aromatic carbocycles. The zero-order chi connectivity index (χ0) is 10.9. The smallest absolute Gasteiger partial charge is 0.294 e. The number of hydrogen-bond acceptors (Lipinski definition) is 6. The summed E-state index contributed by atoms with van der Waals surface area (Å²) in [5.74, 6) is 0. The number of nitrogens with two attached hydrogens (primary N) is 2. The van der Waals surface area contributed by atoms with Gasteiger partial charge in [-0.25, -0.2) is 0 Å². The standard InChI is InChI=1S/C6H6N4O4/c7-3-1-5(9(11)12)4(8)2-6(3)10(13)14/h1-2H,7-8H2. The third kappa shape index (κ3) is 1.53. The maximum absolute atomic E-state index is 10.4. The topological polar surface area (TPSA) is 138 Å². The molecule has 8 nitrogen and oxygen atoms in total. The van der Waals surface area contributed by atoms with E-state index in [1.807, 2.05) is 0 Å². The summed E-state index contributed by atoms with van der Waals surface area (Å²) in [5, 5.41) is 20.7. The highest BCUT2D eigenvalue weighted by atomic mass is 16.6. The van der Waals surface area contributed by atoms with Crippen LogP contribution in [-0.2, 0) is 0 Å². The molecule has 0 aromatic heterocycles. The zero-order valence-corrected chi connectivity index (χ0v) is 6.84. The second kappa shape index (κ2) is 3.17. The first-order chi connectivity index (χ1) is 6.43. The first-order valence-corrected chi connectivity index (χ1v) is 3.41. The number of nitrogen functional groups attached to an aromatic ring is 2. The van der Waals surface area contributed by atoms with Gasteiger partial charge in [-0.05, 0) is 0 Å². The minimum absolute atomic E-state index is 0.282. The van der Waals surface area contributed by atoms with Gasteiger partial charge in [0, 0.05) is 12.1 Å². The lowest BCUT2D eigenvalue weighted by Gasteiger charge is -1.99. The van der Waals surface area contributed by atoms with Crippen molar-refractivity contribution in [3.63, 3.8) is 0 Å². The summed E-state index contributed by atoms with van der Waals surface area (Å²) < 4.78 is 0. The monoisotopic (exact) mass is 198 g/mol. The van der Waals surface area contributed by atoms with Gasteiger partial charge >= 0.3 is 0 Å². The van der Waals surface area contributed by atoms with E-state index in [1.165, 1.54) is 0 Å². The van der Waals surface area contributed by atoms with Crippen molar-refractivity contribution in [3.05, 3.63) is 32.4 Å². The quantitative estimate of drug-likeness (QED) is 0.406. The van der Waals surface area contributed by atoms with E-state index in [0.717, 1.165) is 12.1 Å². The van der Waals surface area contributed by atoms with Gasteiger partial charge in [-0.3, -0.25) is 20.2 Å². The molecule has 0 aliphatic heterocycles. The van der Waals surface area contributed by atoms with Gasteiger partial charge < -0.3 is 11.5 Å². The first kappa shape index (κ1) is 9.71. The van der Waals surface area contributed by atoms with Crippen LogP contribution in [0.5, 0.6) is 0 Å². The van der Waals surface area contributed by atoms with Crippen LogP contribution in [0.15, 0.2) is 12.1 Å². The summed E-state index contributed by atoms with van der Waals surface area (Å²) in [5.41, 5.74) is 9.02. The number of rotatable bonds is 2. The molecular formula is C6H6N4O4. The molecule has 74 valence electrons. The van der Waals surface area contributed by atoms with Gasteiger partial charge in [0.1, 0.15) is 11.4 Å². The Balaban J connectivity index is 3.38. The van der Waals surface area contributed by atoms with Crippen LogP contribution < -0.4 is 11.5 Å². The van der Waals surface area contributed by atoms with Crippen molar-refractivity contribution in [1.82, 2.24) is 0 Å². The van der Waals surface area contributed by atoms with Crippen LogP contribution in [0.4, 0.5) is 22.7 Å². The van der Waals surface area contributed by atoms with Crippen molar-refractivity contribution in [2.75, 3.05) is 11.5 Å². The largest absolute Gasteiger partial charge is 0.393 e. The Morgan fingerprint density at radius 2 is 1.21 bits per heavy atom. The molecule has 8 heteroatoms. The lowest BCUT2D eigenvalue weighted by molar-refractivity contribution is -0.387. The highest BCUT2D eigenvalue weighted by Gasteiger charge is 2.20. The maximum Gasteiger partial charge on any atom is 0.294 e. The third-order valence-corrected chi connectivity index (χ3v) is 1.57. The molecule has 4 N–H and O–H groups in total. The second-order valence-corrected chi connectivity index (χ2v) is 2.48. The fourth-order valence-corrected chi connectivity index (χ4v) is 0.925.